The molecule has 7 heteroatoms. The van der Waals surface area contributed by atoms with E-state index >= 15 is 0 Å². The molecule has 0 aliphatic carbocycles. The Balaban J connectivity index is 1.71. The lowest BCUT2D eigenvalue weighted by molar-refractivity contribution is -0.137. The molecule has 0 bridgehead atoms. The molecule has 3 rings (SSSR count). The van der Waals surface area contributed by atoms with E-state index in [1.807, 2.05) is 29.1 Å². The number of amides is 1. The molecule has 1 amide bonds. The predicted octanol–water partition coefficient (Wildman–Crippen LogP) is 2.03. The molecule has 0 atom stereocenters. The maximum atomic E-state index is 13.0. The van der Waals surface area contributed by atoms with E-state index in [1.165, 1.54) is 0 Å². The van der Waals surface area contributed by atoms with E-state index in [2.05, 4.69) is 5.10 Å². The zero-order valence-electron chi connectivity index (χ0n) is 14.6. The van der Waals surface area contributed by atoms with Crippen LogP contribution in [0.1, 0.15) is 35.2 Å². The number of ether oxygens (including phenoxy) is 1. The summed E-state index contributed by atoms with van der Waals surface area (Å²) in [7, 11) is 0. The van der Waals surface area contributed by atoms with Crippen LogP contribution in [0.15, 0.2) is 42.7 Å². The van der Waals surface area contributed by atoms with Gasteiger partial charge >= 0.3 is 5.97 Å². The molecule has 1 aliphatic rings. The zero-order chi connectivity index (χ0) is 18.4. The molecule has 26 heavy (non-hydrogen) atoms. The van der Waals surface area contributed by atoms with Gasteiger partial charge in [-0.05, 0) is 36.6 Å². The monoisotopic (exact) mass is 357 g/mol. The van der Waals surface area contributed by atoms with Gasteiger partial charge in [0.05, 0.1) is 13.0 Å². The first-order valence-corrected chi connectivity index (χ1v) is 8.80. The van der Waals surface area contributed by atoms with Crippen LogP contribution in [0, 0.1) is 0 Å². The average Bonchev–Trinajstić information content (AvgIpc) is 3.16. The van der Waals surface area contributed by atoms with Crippen molar-refractivity contribution < 1.29 is 19.4 Å². The summed E-state index contributed by atoms with van der Waals surface area (Å²) in [5, 5.41) is 13.2. The minimum absolute atomic E-state index is 0.0272. The van der Waals surface area contributed by atoms with Gasteiger partial charge in [-0.2, -0.15) is 5.10 Å². The molecule has 2 aromatic rings. The van der Waals surface area contributed by atoms with Gasteiger partial charge < -0.3 is 14.7 Å². The van der Waals surface area contributed by atoms with Crippen LogP contribution in [-0.2, 0) is 16.1 Å². The second-order valence-electron chi connectivity index (χ2n) is 6.39. The van der Waals surface area contributed by atoms with Gasteiger partial charge in [0, 0.05) is 43.8 Å². The van der Waals surface area contributed by atoms with E-state index in [0.717, 1.165) is 18.4 Å². The number of aliphatic carboxylic acids is 1. The smallest absolute Gasteiger partial charge is 0.305 e. The van der Waals surface area contributed by atoms with Gasteiger partial charge in [0.25, 0.3) is 5.91 Å². The second-order valence-corrected chi connectivity index (χ2v) is 6.39. The number of rotatable bonds is 7. The lowest BCUT2D eigenvalue weighted by atomic mass is 10.0. The van der Waals surface area contributed by atoms with Crippen LogP contribution in [0.4, 0.5) is 0 Å². The number of hydrogen-bond acceptors (Lipinski definition) is 4. The minimum atomic E-state index is -0.899. The quantitative estimate of drug-likeness (QED) is 0.820. The molecule has 138 valence electrons. The Morgan fingerprint density at radius 1 is 1.23 bits per heavy atom. The first-order valence-electron chi connectivity index (χ1n) is 8.80. The van der Waals surface area contributed by atoms with Gasteiger partial charge in [0.2, 0.25) is 0 Å². The molecule has 1 saturated heterocycles. The van der Waals surface area contributed by atoms with Crippen molar-refractivity contribution >= 4 is 11.9 Å². The highest BCUT2D eigenvalue weighted by Crippen LogP contribution is 2.18. The van der Waals surface area contributed by atoms with E-state index < -0.39 is 5.97 Å². The van der Waals surface area contributed by atoms with Crippen LogP contribution >= 0.6 is 0 Å². The van der Waals surface area contributed by atoms with Gasteiger partial charge in [0.1, 0.15) is 0 Å². The van der Waals surface area contributed by atoms with Gasteiger partial charge in [0.15, 0.2) is 0 Å². The van der Waals surface area contributed by atoms with Crippen molar-refractivity contribution in [2.45, 2.75) is 31.8 Å². The van der Waals surface area contributed by atoms with Crippen LogP contribution in [0.2, 0.25) is 0 Å². The molecule has 1 fully saturated rings. The Kier molecular flexibility index (Phi) is 6.01. The van der Waals surface area contributed by atoms with Crippen molar-refractivity contribution in [2.75, 3.05) is 19.8 Å². The molecule has 0 spiro atoms. The number of benzene rings is 1. The first-order chi connectivity index (χ1) is 12.6. The number of carboxylic acids is 1. The molecule has 1 aromatic heterocycles. The Morgan fingerprint density at radius 2 is 1.96 bits per heavy atom. The van der Waals surface area contributed by atoms with Crippen LogP contribution in [0.5, 0.6) is 0 Å². The topological polar surface area (TPSA) is 84.7 Å². The maximum absolute atomic E-state index is 13.0. The summed E-state index contributed by atoms with van der Waals surface area (Å²) in [4.78, 5) is 25.6. The molecule has 0 saturated carbocycles. The Hall–Kier alpha value is -2.67. The molecule has 2 heterocycles. The van der Waals surface area contributed by atoms with Gasteiger partial charge in [-0.15, -0.1) is 0 Å². The van der Waals surface area contributed by atoms with Crippen LogP contribution in [-0.4, -0.2) is 57.5 Å². The molecule has 1 aliphatic heterocycles. The summed E-state index contributed by atoms with van der Waals surface area (Å²) < 4.78 is 7.18. The van der Waals surface area contributed by atoms with E-state index in [4.69, 9.17) is 9.84 Å². The summed E-state index contributed by atoms with van der Waals surface area (Å²) in [6.07, 6.45) is 5.04. The fourth-order valence-corrected chi connectivity index (χ4v) is 3.16. The fourth-order valence-electron chi connectivity index (χ4n) is 3.16. The lowest BCUT2D eigenvalue weighted by Crippen LogP contribution is -2.44. The van der Waals surface area contributed by atoms with E-state index in [-0.39, 0.29) is 24.9 Å². The summed E-state index contributed by atoms with van der Waals surface area (Å²) in [5.41, 5.74) is 1.62. The number of carbonyl (C=O) groups is 2. The van der Waals surface area contributed by atoms with E-state index in [0.29, 0.717) is 25.3 Å². The van der Waals surface area contributed by atoms with Gasteiger partial charge in [-0.3, -0.25) is 14.3 Å². The molecular weight excluding hydrogens is 334 g/mol. The molecule has 0 radical (unpaired) electrons. The highest BCUT2D eigenvalue weighted by atomic mass is 16.5. The van der Waals surface area contributed by atoms with Crippen molar-refractivity contribution in [3.63, 3.8) is 0 Å². The molecule has 1 aromatic carbocycles. The summed E-state index contributed by atoms with van der Waals surface area (Å²) >= 11 is 0. The SMILES string of the molecule is O=C(O)CCN(C(=O)c1ccc(Cn2cccn2)cc1)C1CCOCC1. The predicted molar refractivity (Wildman–Crippen MR) is 94.9 cm³/mol. The summed E-state index contributed by atoms with van der Waals surface area (Å²) in [6, 6.07) is 9.32. The van der Waals surface area contributed by atoms with Crippen molar-refractivity contribution in [1.29, 1.82) is 0 Å². The van der Waals surface area contributed by atoms with Crippen molar-refractivity contribution in [1.82, 2.24) is 14.7 Å². The normalized spacial score (nSPS) is 14.9. The fraction of sp³-hybridized carbons (Fsp3) is 0.421. The third kappa shape index (κ3) is 4.70. The number of nitrogens with zero attached hydrogens (tertiary/aromatic N) is 3. The Labute approximate surface area is 152 Å². The number of carboxylic acid groups (broad SMARTS) is 1. The highest BCUT2D eigenvalue weighted by Gasteiger charge is 2.27. The third-order valence-electron chi connectivity index (χ3n) is 4.56. The number of carbonyl (C=O) groups excluding carboxylic acids is 1. The number of aromatic nitrogens is 2. The van der Waals surface area contributed by atoms with Crippen molar-refractivity contribution in [3.05, 3.63) is 53.9 Å². The van der Waals surface area contributed by atoms with Crippen molar-refractivity contribution in [2.24, 2.45) is 0 Å². The Morgan fingerprint density at radius 3 is 2.58 bits per heavy atom. The first kappa shape index (κ1) is 18.1. The lowest BCUT2D eigenvalue weighted by Gasteiger charge is -2.34. The van der Waals surface area contributed by atoms with Crippen molar-refractivity contribution in [3.8, 4) is 0 Å². The zero-order valence-corrected chi connectivity index (χ0v) is 14.6. The van der Waals surface area contributed by atoms with E-state index in [9.17, 15) is 9.59 Å². The molecule has 1 N–H and O–H groups in total. The molecule has 0 unspecified atom stereocenters. The number of hydrogen-bond donors (Lipinski definition) is 1. The van der Waals surface area contributed by atoms with Gasteiger partial charge in [-0.25, -0.2) is 0 Å². The largest absolute Gasteiger partial charge is 0.481 e. The van der Waals surface area contributed by atoms with Crippen LogP contribution in [0.3, 0.4) is 0 Å². The third-order valence-corrected chi connectivity index (χ3v) is 4.56. The standard InChI is InChI=1S/C19H23N3O4/c23-18(24)6-11-22(17-7-12-26-13-8-17)19(25)16-4-2-15(3-5-16)14-21-10-1-9-20-21/h1-5,9-10,17H,6-8,11-14H2,(H,23,24). The average molecular weight is 357 g/mol. The molecule has 7 nitrogen and oxygen atoms in total. The Bertz CT molecular complexity index is 722. The highest BCUT2D eigenvalue weighted by molar-refractivity contribution is 5.94. The maximum Gasteiger partial charge on any atom is 0.305 e. The van der Waals surface area contributed by atoms with E-state index in [1.54, 1.807) is 23.2 Å². The van der Waals surface area contributed by atoms with Gasteiger partial charge in [-0.1, -0.05) is 12.1 Å². The van der Waals surface area contributed by atoms with Crippen LogP contribution in [0.25, 0.3) is 0 Å². The second kappa shape index (κ2) is 8.62. The van der Waals surface area contributed by atoms with Crippen LogP contribution < -0.4 is 0 Å². The summed E-state index contributed by atoms with van der Waals surface area (Å²) in [5.74, 6) is -1.02. The summed E-state index contributed by atoms with van der Waals surface area (Å²) in [6.45, 7) is 2.06. The minimum Gasteiger partial charge on any atom is -0.481 e. The molecular formula is C19H23N3O4.